The lowest BCUT2D eigenvalue weighted by molar-refractivity contribution is 0.0378. The summed E-state index contributed by atoms with van der Waals surface area (Å²) in [6.45, 7) is 0. The molecule has 2 aliphatic heterocycles. The van der Waals surface area contributed by atoms with E-state index in [9.17, 15) is 19.2 Å². The summed E-state index contributed by atoms with van der Waals surface area (Å²) in [5, 5.41) is 0. The average Bonchev–Trinajstić information content (AvgIpc) is 2.80. The average molecular weight is 294 g/mol. The van der Waals surface area contributed by atoms with Gasteiger partial charge in [0, 0.05) is 0 Å². The molecule has 0 aliphatic carbocycles. The van der Waals surface area contributed by atoms with Crippen molar-refractivity contribution < 1.29 is 28.7 Å². The molecule has 2 heterocycles. The molecule has 0 saturated heterocycles. The van der Waals surface area contributed by atoms with Gasteiger partial charge in [0.05, 0.1) is 22.3 Å². The van der Waals surface area contributed by atoms with E-state index >= 15 is 0 Å². The molecular formula is C16H6O6. The van der Waals surface area contributed by atoms with Gasteiger partial charge < -0.3 is 9.47 Å². The van der Waals surface area contributed by atoms with Crippen molar-refractivity contribution in [1.82, 2.24) is 0 Å². The molecule has 0 unspecified atom stereocenters. The van der Waals surface area contributed by atoms with Crippen LogP contribution in [0.4, 0.5) is 0 Å². The Kier molecular flexibility index (Phi) is 2.33. The predicted octanol–water partition coefficient (Wildman–Crippen LogP) is 1.97. The second-order valence-corrected chi connectivity index (χ2v) is 4.85. The van der Waals surface area contributed by atoms with Crippen molar-refractivity contribution in [2.45, 2.75) is 0 Å². The lowest BCUT2D eigenvalue weighted by atomic mass is 9.91. The number of rotatable bonds is 0. The summed E-state index contributed by atoms with van der Waals surface area (Å²) < 4.78 is 9.30. The number of ether oxygens (including phenoxy) is 2. The minimum Gasteiger partial charge on any atom is -0.386 e. The van der Waals surface area contributed by atoms with Crippen LogP contribution in [-0.4, -0.2) is 23.9 Å². The van der Waals surface area contributed by atoms with Gasteiger partial charge >= 0.3 is 23.9 Å². The molecule has 2 aromatic rings. The molecule has 2 aromatic carbocycles. The Balaban J connectivity index is 2.11. The molecule has 2 bridgehead atoms. The number of fused-ring (bicyclic) bond motifs is 6. The van der Waals surface area contributed by atoms with Gasteiger partial charge in [-0.1, -0.05) is 18.2 Å². The Labute approximate surface area is 123 Å². The number of carbonyl (C=O) groups is 4. The summed E-state index contributed by atoms with van der Waals surface area (Å²) in [6, 6.07) is 9.37. The van der Waals surface area contributed by atoms with Crippen molar-refractivity contribution in [3.63, 3.8) is 0 Å². The summed E-state index contributed by atoms with van der Waals surface area (Å²) in [7, 11) is 0. The maximum Gasteiger partial charge on any atom is 0.347 e. The number of esters is 4. The van der Waals surface area contributed by atoms with Crippen molar-refractivity contribution >= 4 is 23.9 Å². The van der Waals surface area contributed by atoms with Crippen LogP contribution in [0.15, 0.2) is 36.4 Å². The fourth-order valence-corrected chi connectivity index (χ4v) is 2.64. The van der Waals surface area contributed by atoms with Crippen LogP contribution in [0.3, 0.4) is 0 Å². The summed E-state index contributed by atoms with van der Waals surface area (Å²) in [5.74, 6) is -3.53. The first kappa shape index (κ1) is 12.5. The SMILES string of the molecule is O=C1OC(=O)c2c(ccc3c2C(=O)OC3=O)-c2cccc1c2. The van der Waals surface area contributed by atoms with Crippen LogP contribution in [0.5, 0.6) is 0 Å². The molecular weight excluding hydrogens is 288 g/mol. The molecule has 0 atom stereocenters. The van der Waals surface area contributed by atoms with E-state index in [-0.39, 0.29) is 22.3 Å². The standard InChI is InChI=1S/C16H6O6/c17-13-8-3-1-2-7(6-8)9-4-5-10-12(11(9)15(19)21-13)16(20)22-14(10)18/h1-6H. The fraction of sp³-hybridized carbons (Fsp3) is 0. The third kappa shape index (κ3) is 1.54. The van der Waals surface area contributed by atoms with E-state index in [0.29, 0.717) is 11.1 Å². The number of benzene rings is 2. The van der Waals surface area contributed by atoms with E-state index in [4.69, 9.17) is 4.74 Å². The molecule has 106 valence electrons. The van der Waals surface area contributed by atoms with Gasteiger partial charge in [0.1, 0.15) is 0 Å². The predicted molar refractivity (Wildman–Crippen MR) is 71.4 cm³/mol. The van der Waals surface area contributed by atoms with E-state index in [1.807, 2.05) is 0 Å². The normalized spacial score (nSPS) is 15.5. The Morgan fingerprint density at radius 1 is 0.591 bits per heavy atom. The molecule has 0 N–H and O–H groups in total. The molecule has 0 fully saturated rings. The number of carbonyl (C=O) groups excluding carboxylic acids is 4. The van der Waals surface area contributed by atoms with Gasteiger partial charge in [-0.3, -0.25) is 0 Å². The smallest absolute Gasteiger partial charge is 0.347 e. The second kappa shape index (κ2) is 4.11. The van der Waals surface area contributed by atoms with Crippen molar-refractivity contribution in [2.24, 2.45) is 0 Å². The molecule has 6 nitrogen and oxygen atoms in total. The molecule has 0 aromatic heterocycles. The highest BCUT2D eigenvalue weighted by molar-refractivity contribution is 6.22. The topological polar surface area (TPSA) is 86.7 Å². The minimum atomic E-state index is -0.977. The van der Waals surface area contributed by atoms with Crippen LogP contribution in [0.1, 0.15) is 41.4 Å². The van der Waals surface area contributed by atoms with Gasteiger partial charge in [-0.05, 0) is 29.3 Å². The van der Waals surface area contributed by atoms with Gasteiger partial charge in [-0.25, -0.2) is 19.2 Å². The molecule has 2 aliphatic rings. The molecule has 0 saturated carbocycles. The van der Waals surface area contributed by atoms with Crippen molar-refractivity contribution in [2.75, 3.05) is 0 Å². The monoisotopic (exact) mass is 294 g/mol. The van der Waals surface area contributed by atoms with Crippen molar-refractivity contribution in [3.05, 3.63) is 58.7 Å². The lowest BCUT2D eigenvalue weighted by Crippen LogP contribution is -2.19. The quantitative estimate of drug-likeness (QED) is 0.545. The van der Waals surface area contributed by atoms with E-state index in [1.54, 1.807) is 18.2 Å². The Hall–Kier alpha value is -3.28. The maximum atomic E-state index is 12.3. The Morgan fingerprint density at radius 2 is 1.18 bits per heavy atom. The molecule has 4 rings (SSSR count). The molecule has 6 heteroatoms. The largest absolute Gasteiger partial charge is 0.386 e. The van der Waals surface area contributed by atoms with Gasteiger partial charge in [0.25, 0.3) is 0 Å². The zero-order chi connectivity index (χ0) is 15.4. The highest BCUT2D eigenvalue weighted by Gasteiger charge is 2.38. The molecule has 0 radical (unpaired) electrons. The van der Waals surface area contributed by atoms with Crippen LogP contribution in [0.25, 0.3) is 11.1 Å². The van der Waals surface area contributed by atoms with Crippen LogP contribution in [0.2, 0.25) is 0 Å². The first-order valence-corrected chi connectivity index (χ1v) is 6.37. The van der Waals surface area contributed by atoms with Crippen molar-refractivity contribution in [3.8, 4) is 11.1 Å². The first-order chi connectivity index (χ1) is 10.6. The zero-order valence-electron chi connectivity index (χ0n) is 10.9. The van der Waals surface area contributed by atoms with Crippen LogP contribution < -0.4 is 0 Å². The minimum absolute atomic E-state index is 0.00937. The lowest BCUT2D eigenvalue weighted by Gasteiger charge is -2.15. The number of hydrogen-bond donors (Lipinski definition) is 0. The van der Waals surface area contributed by atoms with E-state index in [0.717, 1.165) is 0 Å². The number of cyclic esters (lactones) is 4. The third-order valence-electron chi connectivity index (χ3n) is 3.61. The van der Waals surface area contributed by atoms with E-state index < -0.39 is 23.9 Å². The summed E-state index contributed by atoms with van der Waals surface area (Å²) in [6.07, 6.45) is 0. The molecule has 0 amide bonds. The van der Waals surface area contributed by atoms with Crippen LogP contribution >= 0.6 is 0 Å². The molecule has 0 spiro atoms. The summed E-state index contributed by atoms with van der Waals surface area (Å²) in [4.78, 5) is 47.6. The van der Waals surface area contributed by atoms with Crippen molar-refractivity contribution in [1.29, 1.82) is 0 Å². The second-order valence-electron chi connectivity index (χ2n) is 4.85. The Morgan fingerprint density at radius 3 is 1.95 bits per heavy atom. The van der Waals surface area contributed by atoms with Gasteiger partial charge in [-0.15, -0.1) is 0 Å². The van der Waals surface area contributed by atoms with Gasteiger partial charge in [0.2, 0.25) is 0 Å². The highest BCUT2D eigenvalue weighted by Crippen LogP contribution is 2.34. The van der Waals surface area contributed by atoms with E-state index in [1.165, 1.54) is 18.2 Å². The van der Waals surface area contributed by atoms with Gasteiger partial charge in [-0.2, -0.15) is 0 Å². The summed E-state index contributed by atoms with van der Waals surface area (Å²) >= 11 is 0. The number of hydrogen-bond acceptors (Lipinski definition) is 6. The van der Waals surface area contributed by atoms with Gasteiger partial charge in [0.15, 0.2) is 0 Å². The molecule has 22 heavy (non-hydrogen) atoms. The third-order valence-corrected chi connectivity index (χ3v) is 3.61. The highest BCUT2D eigenvalue weighted by atomic mass is 16.6. The fourth-order valence-electron chi connectivity index (χ4n) is 2.64. The first-order valence-electron chi connectivity index (χ1n) is 6.37. The van der Waals surface area contributed by atoms with E-state index in [2.05, 4.69) is 4.74 Å². The maximum absolute atomic E-state index is 12.3. The van der Waals surface area contributed by atoms with Crippen LogP contribution in [-0.2, 0) is 9.47 Å². The Bertz CT molecular complexity index is 909. The summed E-state index contributed by atoms with van der Waals surface area (Å²) in [5.41, 5.74) is 0.920. The van der Waals surface area contributed by atoms with Crippen LogP contribution in [0, 0.1) is 0 Å². The zero-order valence-corrected chi connectivity index (χ0v) is 10.9.